The van der Waals surface area contributed by atoms with E-state index in [0.717, 1.165) is 37.3 Å². The molecule has 0 unspecified atom stereocenters. The lowest BCUT2D eigenvalue weighted by atomic mass is 9.98. The van der Waals surface area contributed by atoms with E-state index in [9.17, 15) is 13.2 Å². The number of benzene rings is 2. The number of piperazine rings is 1. The predicted octanol–water partition coefficient (Wildman–Crippen LogP) is 5.41. The van der Waals surface area contributed by atoms with Crippen LogP contribution in [0.15, 0.2) is 48.5 Å². The molecule has 0 aliphatic carbocycles. The lowest BCUT2D eigenvalue weighted by Gasteiger charge is -2.35. The van der Waals surface area contributed by atoms with Gasteiger partial charge >= 0.3 is 6.18 Å². The molecule has 1 atom stereocenters. The molecule has 1 heterocycles. The quantitative estimate of drug-likeness (QED) is 0.547. The number of nitrogens with zero attached hydrogens (tertiary/aromatic N) is 1. The van der Waals surface area contributed by atoms with Crippen molar-refractivity contribution in [3.05, 3.63) is 59.7 Å². The molecule has 0 spiro atoms. The third-order valence-electron chi connectivity index (χ3n) is 5.10. The van der Waals surface area contributed by atoms with E-state index < -0.39 is 12.6 Å². The lowest BCUT2D eigenvalue weighted by Crippen LogP contribution is -2.45. The normalized spacial score (nSPS) is 15.4. The van der Waals surface area contributed by atoms with E-state index in [-0.39, 0.29) is 37.3 Å². The first-order chi connectivity index (χ1) is 14.0. The Hall–Kier alpha value is -1.67. The van der Waals surface area contributed by atoms with Gasteiger partial charge in [0.2, 0.25) is 0 Å². The van der Waals surface area contributed by atoms with E-state index >= 15 is 0 Å². The van der Waals surface area contributed by atoms with Crippen LogP contribution in [-0.2, 0) is 6.61 Å². The molecule has 2 aromatic rings. The van der Waals surface area contributed by atoms with Crippen LogP contribution in [0.1, 0.15) is 30.0 Å². The Balaban J connectivity index is 0.00000240. The van der Waals surface area contributed by atoms with Gasteiger partial charge in [0, 0.05) is 38.6 Å². The highest BCUT2D eigenvalue weighted by atomic mass is 35.5. The van der Waals surface area contributed by atoms with Crippen LogP contribution in [0.3, 0.4) is 0 Å². The molecular formula is C22H29Cl2F3N2O2. The SMILES string of the molecule is COc1ccc([C@H](CCC(F)(F)F)N2CCNCC2)cc1OCc1ccccc1.Cl.Cl. The van der Waals surface area contributed by atoms with Gasteiger partial charge < -0.3 is 14.8 Å². The van der Waals surface area contributed by atoms with Gasteiger partial charge in [0.15, 0.2) is 11.5 Å². The molecule has 0 aromatic heterocycles. The fraction of sp³-hybridized carbons (Fsp3) is 0.455. The number of hydrogen-bond acceptors (Lipinski definition) is 4. The summed E-state index contributed by atoms with van der Waals surface area (Å²) < 4.78 is 50.1. The van der Waals surface area contributed by atoms with Crippen LogP contribution in [0.4, 0.5) is 13.2 Å². The van der Waals surface area contributed by atoms with Crippen molar-refractivity contribution in [3.8, 4) is 11.5 Å². The number of methoxy groups -OCH3 is 1. The molecule has 4 nitrogen and oxygen atoms in total. The zero-order valence-corrected chi connectivity index (χ0v) is 19.0. The summed E-state index contributed by atoms with van der Waals surface area (Å²) in [4.78, 5) is 2.12. The van der Waals surface area contributed by atoms with Crippen molar-refractivity contribution in [1.29, 1.82) is 0 Å². The summed E-state index contributed by atoms with van der Waals surface area (Å²) in [7, 11) is 1.56. The van der Waals surface area contributed by atoms with Crippen molar-refractivity contribution in [2.24, 2.45) is 0 Å². The third-order valence-corrected chi connectivity index (χ3v) is 5.10. The number of rotatable bonds is 8. The number of nitrogens with one attached hydrogen (secondary N) is 1. The van der Waals surface area contributed by atoms with Gasteiger partial charge in [-0.15, -0.1) is 24.8 Å². The summed E-state index contributed by atoms with van der Waals surface area (Å²) in [5.74, 6) is 1.11. The zero-order chi connectivity index (χ0) is 20.7. The van der Waals surface area contributed by atoms with Gasteiger partial charge in [-0.25, -0.2) is 0 Å². The van der Waals surface area contributed by atoms with Crippen LogP contribution in [0, 0.1) is 0 Å². The van der Waals surface area contributed by atoms with Crippen molar-refractivity contribution in [3.63, 3.8) is 0 Å². The van der Waals surface area contributed by atoms with E-state index in [0.29, 0.717) is 18.1 Å². The Morgan fingerprint density at radius 3 is 2.29 bits per heavy atom. The van der Waals surface area contributed by atoms with E-state index in [1.54, 1.807) is 13.2 Å². The summed E-state index contributed by atoms with van der Waals surface area (Å²) in [6.45, 7) is 3.34. The molecular weight excluding hydrogens is 452 g/mol. The second kappa shape index (κ2) is 13.0. The number of alkyl halides is 3. The van der Waals surface area contributed by atoms with Gasteiger partial charge in [0.25, 0.3) is 0 Å². The fourth-order valence-corrected chi connectivity index (χ4v) is 3.60. The largest absolute Gasteiger partial charge is 0.493 e. The van der Waals surface area contributed by atoms with Crippen LogP contribution in [0.2, 0.25) is 0 Å². The maximum atomic E-state index is 12.9. The monoisotopic (exact) mass is 480 g/mol. The van der Waals surface area contributed by atoms with Crippen molar-refractivity contribution >= 4 is 24.8 Å². The average molecular weight is 481 g/mol. The fourth-order valence-electron chi connectivity index (χ4n) is 3.60. The van der Waals surface area contributed by atoms with Gasteiger partial charge in [-0.2, -0.15) is 13.2 Å². The lowest BCUT2D eigenvalue weighted by molar-refractivity contribution is -0.138. The van der Waals surface area contributed by atoms with Crippen LogP contribution < -0.4 is 14.8 Å². The van der Waals surface area contributed by atoms with Crippen molar-refractivity contribution in [2.45, 2.75) is 31.7 Å². The molecule has 2 aromatic carbocycles. The summed E-state index contributed by atoms with van der Waals surface area (Å²) >= 11 is 0. The molecule has 174 valence electrons. The van der Waals surface area contributed by atoms with Crippen molar-refractivity contribution in [2.75, 3.05) is 33.3 Å². The molecule has 3 rings (SSSR count). The summed E-state index contributed by atoms with van der Waals surface area (Å²) in [6, 6.07) is 14.9. The maximum absolute atomic E-state index is 12.9. The minimum absolute atomic E-state index is 0. The van der Waals surface area contributed by atoms with E-state index in [1.165, 1.54) is 0 Å². The Morgan fingerprint density at radius 1 is 1.00 bits per heavy atom. The molecule has 1 N–H and O–H groups in total. The second-order valence-corrected chi connectivity index (χ2v) is 7.14. The van der Waals surface area contributed by atoms with Gasteiger partial charge in [-0.1, -0.05) is 36.4 Å². The first-order valence-corrected chi connectivity index (χ1v) is 9.82. The average Bonchev–Trinajstić information content (AvgIpc) is 2.73. The Kier molecular flexibility index (Phi) is 11.5. The highest BCUT2D eigenvalue weighted by Crippen LogP contribution is 2.36. The van der Waals surface area contributed by atoms with Gasteiger partial charge in [0.1, 0.15) is 6.61 Å². The summed E-state index contributed by atoms with van der Waals surface area (Å²) in [5.41, 5.74) is 1.83. The number of ether oxygens (including phenoxy) is 2. The molecule has 0 saturated carbocycles. The Morgan fingerprint density at radius 2 is 1.68 bits per heavy atom. The first kappa shape index (κ1) is 27.4. The molecule has 1 saturated heterocycles. The maximum Gasteiger partial charge on any atom is 0.389 e. The molecule has 0 bridgehead atoms. The van der Waals surface area contributed by atoms with Crippen molar-refractivity contribution in [1.82, 2.24) is 10.2 Å². The topological polar surface area (TPSA) is 33.7 Å². The van der Waals surface area contributed by atoms with Gasteiger partial charge in [0.05, 0.1) is 7.11 Å². The zero-order valence-electron chi connectivity index (χ0n) is 17.4. The second-order valence-electron chi connectivity index (χ2n) is 7.14. The standard InChI is InChI=1S/C22H27F3N2O2.2ClH/c1-28-20-8-7-18(15-21(20)29-16-17-5-3-2-4-6-17)19(9-10-22(23,24)25)27-13-11-26-12-14-27;;/h2-8,15,19,26H,9-14,16H2,1H3;2*1H/t19-;;/m0../s1. The number of hydrogen-bond donors (Lipinski definition) is 1. The Bertz CT molecular complexity index is 773. The van der Waals surface area contributed by atoms with E-state index in [4.69, 9.17) is 9.47 Å². The van der Waals surface area contributed by atoms with Crippen LogP contribution in [0.25, 0.3) is 0 Å². The molecule has 0 amide bonds. The smallest absolute Gasteiger partial charge is 0.389 e. The minimum Gasteiger partial charge on any atom is -0.493 e. The highest BCUT2D eigenvalue weighted by molar-refractivity contribution is 5.85. The summed E-state index contributed by atoms with van der Waals surface area (Å²) in [6.07, 6.45) is -4.97. The van der Waals surface area contributed by atoms with Crippen LogP contribution in [-0.4, -0.2) is 44.4 Å². The van der Waals surface area contributed by atoms with Crippen LogP contribution in [0.5, 0.6) is 11.5 Å². The predicted molar refractivity (Wildman–Crippen MR) is 121 cm³/mol. The molecule has 31 heavy (non-hydrogen) atoms. The molecule has 9 heteroatoms. The first-order valence-electron chi connectivity index (χ1n) is 9.82. The molecule has 1 aliphatic heterocycles. The van der Waals surface area contributed by atoms with Gasteiger partial charge in [-0.3, -0.25) is 4.90 Å². The van der Waals surface area contributed by atoms with E-state index in [2.05, 4.69) is 10.2 Å². The molecule has 1 fully saturated rings. The summed E-state index contributed by atoms with van der Waals surface area (Å²) in [5, 5.41) is 3.25. The molecule has 1 aliphatic rings. The third kappa shape index (κ3) is 8.41. The van der Waals surface area contributed by atoms with Gasteiger partial charge in [-0.05, 0) is 29.7 Å². The highest BCUT2D eigenvalue weighted by Gasteiger charge is 2.31. The van der Waals surface area contributed by atoms with E-state index in [1.807, 2.05) is 42.5 Å². The number of halogens is 5. The molecule has 0 radical (unpaired) electrons. The van der Waals surface area contributed by atoms with Crippen LogP contribution >= 0.6 is 24.8 Å². The minimum atomic E-state index is -4.18. The Labute approximate surface area is 193 Å². The van der Waals surface area contributed by atoms with Crippen molar-refractivity contribution < 1.29 is 22.6 Å².